The van der Waals surface area contributed by atoms with Crippen molar-refractivity contribution in [1.29, 1.82) is 0 Å². The summed E-state index contributed by atoms with van der Waals surface area (Å²) >= 11 is 0. The molecule has 1 heterocycles. The van der Waals surface area contributed by atoms with Crippen LogP contribution in [0.4, 0.5) is 0 Å². The Hall–Kier alpha value is -1.32. The first-order valence-electron chi connectivity index (χ1n) is 5.60. The van der Waals surface area contributed by atoms with Gasteiger partial charge in [0.1, 0.15) is 0 Å². The van der Waals surface area contributed by atoms with Crippen molar-refractivity contribution in [3.05, 3.63) is 35.5 Å². The molecule has 0 saturated carbocycles. The molecule has 0 spiro atoms. The van der Waals surface area contributed by atoms with Gasteiger partial charge in [-0.15, -0.1) is 0 Å². The Labute approximate surface area is 95.8 Å². The largest absolute Gasteiger partial charge is 0.378 e. The molecule has 3 nitrogen and oxygen atoms in total. The van der Waals surface area contributed by atoms with Crippen LogP contribution in [0.2, 0.25) is 0 Å². The van der Waals surface area contributed by atoms with E-state index in [0.29, 0.717) is 13.2 Å². The molecule has 16 heavy (non-hydrogen) atoms. The number of hydrogen-bond donors (Lipinski definition) is 1. The molecule has 0 amide bonds. The molecule has 0 bridgehead atoms. The monoisotopic (exact) mass is 218 g/mol. The fourth-order valence-corrected chi connectivity index (χ4v) is 2.22. The first-order chi connectivity index (χ1) is 7.81. The maximum absolute atomic E-state index is 5.75. The van der Waals surface area contributed by atoms with Crippen molar-refractivity contribution < 1.29 is 4.74 Å². The summed E-state index contributed by atoms with van der Waals surface area (Å²) in [6.07, 6.45) is 0. The van der Waals surface area contributed by atoms with Gasteiger partial charge in [-0.25, -0.2) is 0 Å². The molecule has 2 N–H and O–H groups in total. The number of ether oxygens (including phenoxy) is 1. The van der Waals surface area contributed by atoms with E-state index in [2.05, 4.69) is 35.8 Å². The molecule has 0 aliphatic rings. The first-order valence-corrected chi connectivity index (χ1v) is 5.60. The number of nitrogens with two attached hydrogens (primary N) is 1. The van der Waals surface area contributed by atoms with Gasteiger partial charge in [-0.1, -0.05) is 12.1 Å². The molecule has 2 aromatic rings. The number of nitrogens with zero attached hydrogens (tertiary/aromatic N) is 1. The molecular formula is C13H18N2O. The van der Waals surface area contributed by atoms with E-state index in [1.807, 2.05) is 0 Å². The first kappa shape index (κ1) is 11.2. The molecule has 0 aliphatic heterocycles. The summed E-state index contributed by atoms with van der Waals surface area (Å²) in [7, 11) is 1.72. The molecule has 0 radical (unpaired) electrons. The van der Waals surface area contributed by atoms with Crippen LogP contribution in [0.15, 0.2) is 24.3 Å². The van der Waals surface area contributed by atoms with Gasteiger partial charge in [0.05, 0.1) is 6.61 Å². The highest BCUT2D eigenvalue weighted by atomic mass is 16.5. The third-order valence-corrected chi connectivity index (χ3v) is 2.95. The van der Waals surface area contributed by atoms with Gasteiger partial charge in [0.25, 0.3) is 0 Å². The van der Waals surface area contributed by atoms with E-state index in [1.165, 1.54) is 22.2 Å². The van der Waals surface area contributed by atoms with Gasteiger partial charge in [-0.05, 0) is 24.6 Å². The fraction of sp³-hybridized carbons (Fsp3) is 0.385. The molecule has 2 rings (SSSR count). The summed E-state index contributed by atoms with van der Waals surface area (Å²) in [4.78, 5) is 0. The van der Waals surface area contributed by atoms with Crippen LogP contribution in [0.1, 0.15) is 18.2 Å². The number of hydrogen-bond acceptors (Lipinski definition) is 2. The van der Waals surface area contributed by atoms with Gasteiger partial charge < -0.3 is 15.0 Å². The highest BCUT2D eigenvalue weighted by Crippen LogP contribution is 2.23. The maximum Gasteiger partial charge on any atom is 0.0864 e. The predicted octanol–water partition coefficient (Wildman–Crippen LogP) is 2.27. The summed E-state index contributed by atoms with van der Waals surface area (Å²) in [5.41, 5.74) is 9.40. The summed E-state index contributed by atoms with van der Waals surface area (Å²) in [6, 6.07) is 8.47. The van der Waals surface area contributed by atoms with E-state index >= 15 is 0 Å². The number of aryl methyl sites for hydroxylation is 1. The SMILES string of the molecule is CCn1c(COC)cc2c(CN)cccc21. The Morgan fingerprint density at radius 1 is 1.38 bits per heavy atom. The Bertz CT molecular complexity index is 488. The van der Waals surface area contributed by atoms with Gasteiger partial charge in [0.2, 0.25) is 0 Å². The average molecular weight is 218 g/mol. The molecular weight excluding hydrogens is 200 g/mol. The Morgan fingerprint density at radius 2 is 2.19 bits per heavy atom. The lowest BCUT2D eigenvalue weighted by molar-refractivity contribution is 0.178. The van der Waals surface area contributed by atoms with Crippen molar-refractivity contribution in [3.63, 3.8) is 0 Å². The fourth-order valence-electron chi connectivity index (χ4n) is 2.22. The second kappa shape index (κ2) is 4.68. The summed E-state index contributed by atoms with van der Waals surface area (Å²) < 4.78 is 7.50. The number of fused-ring (bicyclic) bond motifs is 1. The minimum atomic E-state index is 0.581. The Balaban J connectivity index is 2.65. The van der Waals surface area contributed by atoms with Crippen molar-refractivity contribution >= 4 is 10.9 Å². The van der Waals surface area contributed by atoms with Crippen molar-refractivity contribution in [1.82, 2.24) is 4.57 Å². The van der Waals surface area contributed by atoms with E-state index in [9.17, 15) is 0 Å². The molecule has 86 valence electrons. The zero-order chi connectivity index (χ0) is 11.5. The third kappa shape index (κ3) is 1.72. The van der Waals surface area contributed by atoms with Gasteiger partial charge >= 0.3 is 0 Å². The summed E-state index contributed by atoms with van der Waals surface area (Å²) in [5.74, 6) is 0. The highest BCUT2D eigenvalue weighted by molar-refractivity contribution is 5.84. The quantitative estimate of drug-likeness (QED) is 0.855. The van der Waals surface area contributed by atoms with Gasteiger partial charge in [-0.3, -0.25) is 0 Å². The van der Waals surface area contributed by atoms with Crippen LogP contribution >= 0.6 is 0 Å². The van der Waals surface area contributed by atoms with E-state index in [4.69, 9.17) is 10.5 Å². The van der Waals surface area contributed by atoms with E-state index < -0.39 is 0 Å². The molecule has 3 heteroatoms. The van der Waals surface area contributed by atoms with E-state index in [1.54, 1.807) is 7.11 Å². The van der Waals surface area contributed by atoms with Crippen LogP contribution in [-0.4, -0.2) is 11.7 Å². The normalized spacial score (nSPS) is 11.2. The third-order valence-electron chi connectivity index (χ3n) is 2.95. The molecule has 0 aliphatic carbocycles. The topological polar surface area (TPSA) is 40.2 Å². The van der Waals surface area contributed by atoms with Gasteiger partial charge in [0, 0.05) is 36.8 Å². The van der Waals surface area contributed by atoms with Crippen LogP contribution in [0.3, 0.4) is 0 Å². The van der Waals surface area contributed by atoms with Gasteiger partial charge in [-0.2, -0.15) is 0 Å². The Kier molecular flexibility index (Phi) is 3.27. The smallest absolute Gasteiger partial charge is 0.0864 e. The van der Waals surface area contributed by atoms with Crippen LogP contribution < -0.4 is 5.73 Å². The van der Waals surface area contributed by atoms with Crippen molar-refractivity contribution in [2.75, 3.05) is 7.11 Å². The number of rotatable bonds is 4. The lowest BCUT2D eigenvalue weighted by Gasteiger charge is -2.07. The molecule has 1 aromatic heterocycles. The van der Waals surface area contributed by atoms with Crippen molar-refractivity contribution in [3.8, 4) is 0 Å². The second-order valence-electron chi connectivity index (χ2n) is 3.87. The zero-order valence-corrected chi connectivity index (χ0v) is 9.86. The van der Waals surface area contributed by atoms with Crippen LogP contribution in [0.25, 0.3) is 10.9 Å². The summed E-state index contributed by atoms with van der Waals surface area (Å²) in [5, 5.41) is 1.25. The zero-order valence-electron chi connectivity index (χ0n) is 9.86. The van der Waals surface area contributed by atoms with Crippen LogP contribution in [0.5, 0.6) is 0 Å². The molecule has 0 unspecified atom stereocenters. The predicted molar refractivity (Wildman–Crippen MR) is 66.2 cm³/mol. The maximum atomic E-state index is 5.75. The standard InChI is InChI=1S/C13H18N2O/c1-3-15-11(9-16-2)7-12-10(8-14)5-4-6-13(12)15/h4-7H,3,8-9,14H2,1-2H3. The van der Waals surface area contributed by atoms with Crippen LogP contribution in [-0.2, 0) is 24.4 Å². The van der Waals surface area contributed by atoms with E-state index in [0.717, 1.165) is 6.54 Å². The lowest BCUT2D eigenvalue weighted by atomic mass is 10.1. The minimum Gasteiger partial charge on any atom is -0.378 e. The summed E-state index contributed by atoms with van der Waals surface area (Å²) in [6.45, 7) is 4.33. The Morgan fingerprint density at radius 3 is 2.81 bits per heavy atom. The molecule has 0 fully saturated rings. The van der Waals surface area contributed by atoms with Crippen molar-refractivity contribution in [2.24, 2.45) is 5.73 Å². The van der Waals surface area contributed by atoms with E-state index in [-0.39, 0.29) is 0 Å². The molecule has 0 saturated heterocycles. The number of benzene rings is 1. The molecule has 1 aromatic carbocycles. The van der Waals surface area contributed by atoms with Gasteiger partial charge in [0.15, 0.2) is 0 Å². The minimum absolute atomic E-state index is 0.581. The highest BCUT2D eigenvalue weighted by Gasteiger charge is 2.09. The lowest BCUT2D eigenvalue weighted by Crippen LogP contribution is -2.01. The number of aromatic nitrogens is 1. The number of methoxy groups -OCH3 is 1. The average Bonchev–Trinajstić information content (AvgIpc) is 2.66. The molecule has 0 atom stereocenters. The van der Waals surface area contributed by atoms with Crippen LogP contribution in [0, 0.1) is 0 Å². The van der Waals surface area contributed by atoms with Crippen molar-refractivity contribution in [2.45, 2.75) is 26.6 Å². The second-order valence-corrected chi connectivity index (χ2v) is 3.87.